The van der Waals surface area contributed by atoms with Crippen LogP contribution < -0.4 is 5.48 Å². The Labute approximate surface area is 219 Å². The number of rotatable bonds is 6. The topological polar surface area (TPSA) is 75.7 Å². The number of carbonyl (C=O) groups is 1. The smallest absolute Gasteiger partial charge is 0.272 e. The minimum absolute atomic E-state index is 0.0429. The highest BCUT2D eigenvalue weighted by Crippen LogP contribution is 2.46. The normalized spacial score (nSPS) is 18.7. The molecule has 2 atom stereocenters. The third-order valence-corrected chi connectivity index (χ3v) is 8.31. The van der Waals surface area contributed by atoms with Crippen molar-refractivity contribution in [3.05, 3.63) is 111 Å². The molecule has 1 unspecified atom stereocenters. The number of amides is 1. The summed E-state index contributed by atoms with van der Waals surface area (Å²) in [5, 5.41) is 1.34. The lowest BCUT2D eigenvalue weighted by Crippen LogP contribution is -2.44. The molecule has 0 spiro atoms. The fraction of sp³-hybridized carbons (Fsp3) is 0.160. The molecule has 6 nitrogen and oxygen atoms in total. The summed E-state index contributed by atoms with van der Waals surface area (Å²) < 4.78 is 29.7. The first-order valence-corrected chi connectivity index (χ1v) is 13.1. The van der Waals surface area contributed by atoms with E-state index in [1.54, 1.807) is 54.6 Å². The summed E-state index contributed by atoms with van der Waals surface area (Å²) in [7, 11) is -2.83. The highest BCUT2D eigenvalue weighted by molar-refractivity contribution is 7.89. The molecule has 0 bridgehead atoms. The number of hydrogen-bond donors (Lipinski definition) is 1. The van der Waals surface area contributed by atoms with Gasteiger partial charge in [-0.05, 0) is 66.1 Å². The number of benzene rings is 3. The fourth-order valence-electron chi connectivity index (χ4n) is 4.15. The SMILES string of the molecule is CONC(=O)C1=CCC(c2ccc(Cl)cc2)N(S(=O)(=O)c2ccc(Cl)cc2)[C@H]1c1cccc(Cl)c1. The molecule has 0 saturated heterocycles. The van der Waals surface area contributed by atoms with Crippen molar-refractivity contribution in [1.82, 2.24) is 9.79 Å². The van der Waals surface area contributed by atoms with E-state index in [1.807, 2.05) is 0 Å². The van der Waals surface area contributed by atoms with E-state index in [9.17, 15) is 13.2 Å². The van der Waals surface area contributed by atoms with Crippen LogP contribution in [0.2, 0.25) is 15.1 Å². The summed E-state index contributed by atoms with van der Waals surface area (Å²) >= 11 is 18.4. The first-order chi connectivity index (χ1) is 16.7. The lowest BCUT2D eigenvalue weighted by atomic mass is 9.89. The Kier molecular flexibility index (Phi) is 7.86. The predicted molar refractivity (Wildman–Crippen MR) is 137 cm³/mol. The number of hydrogen-bond acceptors (Lipinski definition) is 4. The van der Waals surface area contributed by atoms with Gasteiger partial charge in [-0.1, -0.05) is 65.1 Å². The predicted octanol–water partition coefficient (Wildman–Crippen LogP) is 6.13. The quantitative estimate of drug-likeness (QED) is 0.374. The van der Waals surface area contributed by atoms with Gasteiger partial charge in [0.25, 0.3) is 5.91 Å². The molecule has 3 aromatic carbocycles. The van der Waals surface area contributed by atoms with Crippen LogP contribution in [0, 0.1) is 0 Å². The summed E-state index contributed by atoms with van der Waals surface area (Å²) in [5.74, 6) is -0.552. The number of sulfonamides is 1. The number of nitrogens with one attached hydrogen (secondary N) is 1. The highest BCUT2D eigenvalue weighted by atomic mass is 35.5. The van der Waals surface area contributed by atoms with Crippen molar-refractivity contribution in [3.63, 3.8) is 0 Å². The molecule has 1 N–H and O–H groups in total. The third kappa shape index (κ3) is 5.40. The fourth-order valence-corrected chi connectivity index (χ4v) is 6.38. The van der Waals surface area contributed by atoms with Crippen LogP contribution in [0.1, 0.15) is 29.6 Å². The molecule has 35 heavy (non-hydrogen) atoms. The van der Waals surface area contributed by atoms with Crippen LogP contribution in [0.5, 0.6) is 0 Å². The molecule has 4 rings (SSSR count). The van der Waals surface area contributed by atoms with Gasteiger partial charge in [0.05, 0.1) is 24.1 Å². The summed E-state index contributed by atoms with van der Waals surface area (Å²) in [4.78, 5) is 17.9. The molecule has 0 aromatic heterocycles. The molecule has 0 saturated carbocycles. The van der Waals surface area contributed by atoms with Crippen LogP contribution in [0.15, 0.2) is 89.3 Å². The molecule has 1 aliphatic heterocycles. The third-order valence-electron chi connectivity index (χ3n) is 5.68. The van der Waals surface area contributed by atoms with E-state index >= 15 is 0 Å². The first kappa shape index (κ1) is 25.7. The maximum atomic E-state index is 14.2. The van der Waals surface area contributed by atoms with Gasteiger partial charge in [0.15, 0.2) is 0 Å². The van der Waals surface area contributed by atoms with Crippen LogP contribution in [-0.2, 0) is 19.7 Å². The van der Waals surface area contributed by atoms with Gasteiger partial charge in [0.2, 0.25) is 10.0 Å². The number of halogens is 3. The maximum absolute atomic E-state index is 14.2. The van der Waals surface area contributed by atoms with Crippen molar-refractivity contribution in [2.45, 2.75) is 23.4 Å². The summed E-state index contributed by atoms with van der Waals surface area (Å²) in [6.45, 7) is 0. The Balaban J connectivity index is 1.97. The Morgan fingerprint density at radius 3 is 2.14 bits per heavy atom. The first-order valence-electron chi connectivity index (χ1n) is 10.6. The molecular weight excluding hydrogens is 531 g/mol. The van der Waals surface area contributed by atoms with E-state index in [0.29, 0.717) is 20.6 Å². The second kappa shape index (κ2) is 10.7. The van der Waals surface area contributed by atoms with Crippen molar-refractivity contribution in [1.29, 1.82) is 0 Å². The van der Waals surface area contributed by atoms with Crippen LogP contribution in [-0.4, -0.2) is 25.7 Å². The van der Waals surface area contributed by atoms with Gasteiger partial charge in [-0.15, -0.1) is 0 Å². The van der Waals surface area contributed by atoms with Gasteiger partial charge >= 0.3 is 0 Å². The zero-order valence-corrected chi connectivity index (χ0v) is 21.6. The van der Waals surface area contributed by atoms with Gasteiger partial charge in [-0.25, -0.2) is 13.9 Å². The largest absolute Gasteiger partial charge is 0.277 e. The van der Waals surface area contributed by atoms with Crippen LogP contribution in [0.3, 0.4) is 0 Å². The van der Waals surface area contributed by atoms with Crippen molar-refractivity contribution in [2.24, 2.45) is 0 Å². The standard InChI is InChI=1S/C25H21Cl3N2O4S/c1-34-29-25(31)22-13-14-23(16-5-7-18(26)8-6-16)30(24(22)17-3-2-4-20(28)15-17)35(32,33)21-11-9-19(27)10-12-21/h2-13,15,23-24H,14H2,1H3,(H,29,31)/t23?,24-/m0/s1. The van der Waals surface area contributed by atoms with Crippen molar-refractivity contribution >= 4 is 50.7 Å². The Morgan fingerprint density at radius 2 is 1.54 bits per heavy atom. The second-order valence-corrected chi connectivity index (χ2v) is 11.0. The number of nitrogens with zero attached hydrogens (tertiary/aromatic N) is 1. The highest BCUT2D eigenvalue weighted by Gasteiger charge is 2.44. The molecule has 1 aliphatic rings. The van der Waals surface area contributed by atoms with Crippen LogP contribution in [0.4, 0.5) is 0 Å². The molecule has 1 amide bonds. The van der Waals surface area contributed by atoms with Crippen molar-refractivity contribution in [2.75, 3.05) is 7.11 Å². The van der Waals surface area contributed by atoms with Gasteiger partial charge in [0.1, 0.15) is 0 Å². The Bertz CT molecular complexity index is 1360. The molecule has 10 heteroatoms. The molecule has 182 valence electrons. The lowest BCUT2D eigenvalue weighted by molar-refractivity contribution is -0.128. The Hall–Kier alpha value is -2.39. The molecule has 0 fully saturated rings. The van der Waals surface area contributed by atoms with Crippen LogP contribution in [0.25, 0.3) is 0 Å². The van der Waals surface area contributed by atoms with Gasteiger partial charge in [0, 0.05) is 20.6 Å². The minimum atomic E-state index is -4.14. The summed E-state index contributed by atoms with van der Waals surface area (Å²) in [6.07, 6.45) is 1.98. The number of carbonyl (C=O) groups excluding carboxylic acids is 1. The zero-order valence-electron chi connectivity index (χ0n) is 18.5. The van der Waals surface area contributed by atoms with Gasteiger partial charge < -0.3 is 0 Å². The zero-order chi connectivity index (χ0) is 25.2. The lowest BCUT2D eigenvalue weighted by Gasteiger charge is -2.41. The average Bonchev–Trinajstić information content (AvgIpc) is 2.84. The number of hydroxylamine groups is 1. The Morgan fingerprint density at radius 1 is 0.914 bits per heavy atom. The molecule has 3 aromatic rings. The van der Waals surface area contributed by atoms with E-state index in [-0.39, 0.29) is 16.9 Å². The van der Waals surface area contributed by atoms with Gasteiger partial charge in [-0.2, -0.15) is 4.31 Å². The molecule has 1 heterocycles. The van der Waals surface area contributed by atoms with E-state index < -0.39 is 28.0 Å². The minimum Gasteiger partial charge on any atom is -0.277 e. The van der Waals surface area contributed by atoms with Crippen molar-refractivity contribution in [3.8, 4) is 0 Å². The molecule has 0 aliphatic carbocycles. The second-order valence-electron chi connectivity index (χ2n) is 7.84. The van der Waals surface area contributed by atoms with Gasteiger partial charge in [-0.3, -0.25) is 9.63 Å². The van der Waals surface area contributed by atoms with Crippen molar-refractivity contribution < 1.29 is 18.0 Å². The molecule has 0 radical (unpaired) electrons. The summed E-state index contributed by atoms with van der Waals surface area (Å²) in [5.41, 5.74) is 3.79. The van der Waals surface area contributed by atoms with Crippen LogP contribution >= 0.6 is 34.8 Å². The molecular formula is C25H21Cl3N2O4S. The average molecular weight is 552 g/mol. The van der Waals surface area contributed by atoms with E-state index in [2.05, 4.69) is 5.48 Å². The maximum Gasteiger partial charge on any atom is 0.272 e. The summed E-state index contributed by atoms with van der Waals surface area (Å²) in [6, 6.07) is 18.0. The van der Waals surface area contributed by atoms with E-state index in [4.69, 9.17) is 39.6 Å². The van der Waals surface area contributed by atoms with E-state index in [0.717, 1.165) is 5.56 Å². The monoisotopic (exact) mass is 550 g/mol. The van der Waals surface area contributed by atoms with E-state index in [1.165, 1.54) is 35.7 Å².